The number of nitrogens with one attached hydrogen (secondary N) is 1. The maximum Gasteiger partial charge on any atom is 0.310 e. The number of hydrogen-bond acceptors (Lipinski definition) is 6. The average Bonchev–Trinajstić information content (AvgIpc) is 3.62. The lowest BCUT2D eigenvalue weighted by Gasteiger charge is -2.32. The summed E-state index contributed by atoms with van der Waals surface area (Å²) >= 11 is 0. The molecule has 3 rings (SSSR count). The van der Waals surface area contributed by atoms with Gasteiger partial charge in [-0.25, -0.2) is 13.1 Å². The van der Waals surface area contributed by atoms with Crippen LogP contribution in [0.5, 0.6) is 0 Å². The van der Waals surface area contributed by atoms with E-state index in [1.54, 1.807) is 11.8 Å². The van der Waals surface area contributed by atoms with Crippen molar-refractivity contribution in [3.63, 3.8) is 0 Å². The van der Waals surface area contributed by atoms with Crippen LogP contribution in [-0.4, -0.2) is 75.8 Å². The Kier molecular flexibility index (Phi) is 7.89. The van der Waals surface area contributed by atoms with Gasteiger partial charge in [0.25, 0.3) is 5.91 Å². The largest absolute Gasteiger partial charge is 0.466 e. The number of sulfonamides is 1. The van der Waals surface area contributed by atoms with Gasteiger partial charge in [-0.3, -0.25) is 14.4 Å². The molecule has 1 saturated heterocycles. The molecule has 1 aromatic rings. The van der Waals surface area contributed by atoms with Crippen LogP contribution in [0.15, 0.2) is 29.2 Å². The van der Waals surface area contributed by atoms with Crippen molar-refractivity contribution in [3.8, 4) is 0 Å². The van der Waals surface area contributed by atoms with Crippen molar-refractivity contribution in [1.82, 2.24) is 14.5 Å². The Bertz CT molecular complexity index is 960. The summed E-state index contributed by atoms with van der Waals surface area (Å²) in [5, 5.41) is 0. The first-order chi connectivity index (χ1) is 15.2. The third-order valence-electron chi connectivity index (χ3n) is 5.76. The number of rotatable bonds is 9. The fourth-order valence-electron chi connectivity index (χ4n) is 3.68. The zero-order chi connectivity index (χ0) is 23.3. The number of amides is 2. The Balaban J connectivity index is 1.60. The molecular formula is C22H31N3O6S. The molecule has 1 heterocycles. The van der Waals surface area contributed by atoms with E-state index < -0.39 is 15.9 Å². The number of benzene rings is 1. The van der Waals surface area contributed by atoms with Crippen LogP contribution in [0, 0.1) is 11.8 Å². The summed E-state index contributed by atoms with van der Waals surface area (Å²) in [6.45, 7) is 3.08. The van der Waals surface area contributed by atoms with Crippen molar-refractivity contribution in [3.05, 3.63) is 29.8 Å². The van der Waals surface area contributed by atoms with Crippen LogP contribution in [0.3, 0.4) is 0 Å². The average molecular weight is 466 g/mol. The summed E-state index contributed by atoms with van der Waals surface area (Å²) in [6, 6.07) is 5.82. The van der Waals surface area contributed by atoms with Crippen LogP contribution in [0.1, 0.15) is 43.0 Å². The highest BCUT2D eigenvalue weighted by atomic mass is 32.2. The molecule has 1 aliphatic carbocycles. The van der Waals surface area contributed by atoms with Crippen LogP contribution in [0.25, 0.3) is 0 Å². The molecule has 9 nitrogen and oxygen atoms in total. The highest BCUT2D eigenvalue weighted by molar-refractivity contribution is 7.89. The van der Waals surface area contributed by atoms with Crippen LogP contribution < -0.4 is 4.72 Å². The van der Waals surface area contributed by atoms with Gasteiger partial charge in [0.2, 0.25) is 15.9 Å². The SMILES string of the molecule is CCOC(=O)C1CCCN(C(=O)CN(C)C(=O)c2cccc(S(=O)(=O)NCC3CC3)c2)C1. The van der Waals surface area contributed by atoms with E-state index >= 15 is 0 Å². The molecule has 1 unspecified atom stereocenters. The first-order valence-corrected chi connectivity index (χ1v) is 12.5. The molecule has 1 N–H and O–H groups in total. The van der Waals surface area contributed by atoms with Gasteiger partial charge in [0.1, 0.15) is 0 Å². The summed E-state index contributed by atoms with van der Waals surface area (Å²) in [5.74, 6) is -0.965. The van der Waals surface area contributed by atoms with Gasteiger partial charge in [0.15, 0.2) is 0 Å². The lowest BCUT2D eigenvalue weighted by molar-refractivity contribution is -0.151. The number of ether oxygens (including phenoxy) is 1. The second-order valence-electron chi connectivity index (χ2n) is 8.42. The van der Waals surface area contributed by atoms with Crippen molar-refractivity contribution in [1.29, 1.82) is 0 Å². The Morgan fingerprint density at radius 1 is 1.22 bits per heavy atom. The summed E-state index contributed by atoms with van der Waals surface area (Å²) in [6.07, 6.45) is 3.42. The van der Waals surface area contributed by atoms with E-state index in [2.05, 4.69) is 4.72 Å². The monoisotopic (exact) mass is 465 g/mol. The first-order valence-electron chi connectivity index (χ1n) is 11.0. The number of carbonyl (C=O) groups is 3. The van der Waals surface area contributed by atoms with Gasteiger partial charge in [-0.15, -0.1) is 0 Å². The maximum absolute atomic E-state index is 12.8. The van der Waals surface area contributed by atoms with Crippen LogP contribution in [-0.2, 0) is 24.3 Å². The van der Waals surface area contributed by atoms with Gasteiger partial charge in [0, 0.05) is 32.2 Å². The molecule has 2 aliphatic rings. The highest BCUT2D eigenvalue weighted by Gasteiger charge is 2.30. The smallest absolute Gasteiger partial charge is 0.310 e. The Labute approximate surface area is 189 Å². The number of carbonyl (C=O) groups excluding carboxylic acids is 3. The van der Waals surface area contributed by atoms with Crippen LogP contribution in [0.4, 0.5) is 0 Å². The molecule has 1 aliphatic heterocycles. The molecule has 10 heteroatoms. The summed E-state index contributed by atoms with van der Waals surface area (Å²) < 4.78 is 32.6. The van der Waals surface area contributed by atoms with Gasteiger partial charge >= 0.3 is 5.97 Å². The summed E-state index contributed by atoms with van der Waals surface area (Å²) in [4.78, 5) is 40.4. The number of esters is 1. The van der Waals surface area contributed by atoms with Gasteiger partial charge in [0.05, 0.1) is 24.0 Å². The molecule has 2 fully saturated rings. The second kappa shape index (κ2) is 10.4. The van der Waals surface area contributed by atoms with Crippen molar-refractivity contribution < 1.29 is 27.5 Å². The quantitative estimate of drug-likeness (QED) is 0.549. The van der Waals surface area contributed by atoms with Crippen molar-refractivity contribution in [2.75, 3.05) is 39.8 Å². The summed E-state index contributed by atoms with van der Waals surface area (Å²) in [5.41, 5.74) is 0.192. The standard InChI is InChI=1S/C22H31N3O6S/c1-3-31-22(28)18-7-5-11-25(14-18)20(26)15-24(2)21(27)17-6-4-8-19(12-17)32(29,30)23-13-16-9-10-16/h4,6,8,12,16,18,23H,3,5,7,9-11,13-15H2,1-2H3. The minimum Gasteiger partial charge on any atom is -0.466 e. The van der Waals surface area contributed by atoms with Crippen molar-refractivity contribution >= 4 is 27.8 Å². The zero-order valence-corrected chi connectivity index (χ0v) is 19.4. The normalized spacial score (nSPS) is 18.8. The van der Waals surface area contributed by atoms with E-state index in [4.69, 9.17) is 4.74 Å². The molecule has 2 amide bonds. The Morgan fingerprint density at radius 3 is 2.66 bits per heavy atom. The van der Waals surface area contributed by atoms with Gasteiger partial charge in [-0.1, -0.05) is 6.07 Å². The molecule has 0 aromatic heterocycles. The highest BCUT2D eigenvalue weighted by Crippen LogP contribution is 2.28. The maximum atomic E-state index is 12.8. The molecular weight excluding hydrogens is 434 g/mol. The molecule has 1 saturated carbocycles. The molecule has 1 atom stereocenters. The van der Waals surface area contributed by atoms with Gasteiger partial charge < -0.3 is 14.5 Å². The van der Waals surface area contributed by atoms with Gasteiger partial charge in [-0.2, -0.15) is 0 Å². The van der Waals surface area contributed by atoms with Crippen molar-refractivity contribution in [2.45, 2.75) is 37.5 Å². The number of likely N-dealkylation sites (tertiary alicyclic amines) is 1. The minimum atomic E-state index is -3.70. The van der Waals surface area contributed by atoms with E-state index in [9.17, 15) is 22.8 Å². The number of likely N-dealkylation sites (N-methyl/N-ethyl adjacent to an activating group) is 1. The predicted octanol–water partition coefficient (Wildman–Crippen LogP) is 1.25. The molecule has 0 spiro atoms. The minimum absolute atomic E-state index is 0.0250. The lowest BCUT2D eigenvalue weighted by atomic mass is 9.98. The molecule has 0 bridgehead atoms. The first kappa shape index (κ1) is 24.2. The number of hydrogen-bond donors (Lipinski definition) is 1. The fraction of sp³-hybridized carbons (Fsp3) is 0.591. The second-order valence-corrected chi connectivity index (χ2v) is 10.2. The summed E-state index contributed by atoms with van der Waals surface area (Å²) in [7, 11) is -2.20. The van der Waals surface area contributed by atoms with E-state index in [1.807, 2.05) is 0 Å². The number of nitrogens with zero attached hydrogens (tertiary/aromatic N) is 2. The zero-order valence-electron chi connectivity index (χ0n) is 18.6. The number of piperidine rings is 1. The fourth-order valence-corrected chi connectivity index (χ4v) is 4.84. The van der Waals surface area contributed by atoms with Gasteiger partial charge in [-0.05, 0) is 56.7 Å². The molecule has 0 radical (unpaired) electrons. The molecule has 1 aromatic carbocycles. The predicted molar refractivity (Wildman–Crippen MR) is 117 cm³/mol. The van der Waals surface area contributed by atoms with Crippen LogP contribution in [0.2, 0.25) is 0 Å². The van der Waals surface area contributed by atoms with E-state index in [1.165, 1.54) is 36.2 Å². The molecule has 32 heavy (non-hydrogen) atoms. The topological polar surface area (TPSA) is 113 Å². The Morgan fingerprint density at radius 2 is 1.97 bits per heavy atom. The van der Waals surface area contributed by atoms with E-state index in [0.717, 1.165) is 12.8 Å². The van der Waals surface area contributed by atoms with Crippen LogP contribution >= 0.6 is 0 Å². The Hall–Kier alpha value is -2.46. The van der Waals surface area contributed by atoms with E-state index in [0.29, 0.717) is 38.5 Å². The van der Waals surface area contributed by atoms with E-state index in [-0.39, 0.29) is 41.3 Å². The third kappa shape index (κ3) is 6.29. The molecule has 176 valence electrons. The third-order valence-corrected chi connectivity index (χ3v) is 7.18. The lowest BCUT2D eigenvalue weighted by Crippen LogP contribution is -2.47. The van der Waals surface area contributed by atoms with Crippen molar-refractivity contribution in [2.24, 2.45) is 11.8 Å².